The Hall–Kier alpha value is -4.45. The largest absolute Gasteiger partial charge is 0.478 e. The molecule has 0 unspecified atom stereocenters. The van der Waals surface area contributed by atoms with Crippen LogP contribution in [-0.2, 0) is 13.0 Å². The van der Waals surface area contributed by atoms with Crippen molar-refractivity contribution < 1.29 is 14.7 Å². The minimum absolute atomic E-state index is 0.102. The van der Waals surface area contributed by atoms with Crippen molar-refractivity contribution in [3.05, 3.63) is 119 Å². The van der Waals surface area contributed by atoms with E-state index < -0.39 is 5.97 Å². The van der Waals surface area contributed by atoms with Crippen molar-refractivity contribution in [1.29, 1.82) is 0 Å². The number of hydrogen-bond donors (Lipinski definition) is 2. The number of nitrogens with zero attached hydrogens (tertiary/aromatic N) is 2. The zero-order valence-electron chi connectivity index (χ0n) is 20.7. The third-order valence-electron chi connectivity index (χ3n) is 6.83. The summed E-state index contributed by atoms with van der Waals surface area (Å²) in [4.78, 5) is 31.2. The molecule has 6 heteroatoms. The fourth-order valence-electron chi connectivity index (χ4n) is 4.90. The third kappa shape index (κ3) is 5.38. The summed E-state index contributed by atoms with van der Waals surface area (Å²) in [6, 6.07) is 26.6. The van der Waals surface area contributed by atoms with Gasteiger partial charge < -0.3 is 15.3 Å². The van der Waals surface area contributed by atoms with Gasteiger partial charge in [0.2, 0.25) is 0 Å². The van der Waals surface area contributed by atoms with E-state index in [1.54, 1.807) is 18.3 Å². The van der Waals surface area contributed by atoms with Gasteiger partial charge >= 0.3 is 5.97 Å². The van der Waals surface area contributed by atoms with Crippen molar-refractivity contribution in [3.8, 4) is 11.1 Å². The first-order valence-corrected chi connectivity index (χ1v) is 12.5. The number of nitrogens with one attached hydrogen (secondary N) is 1. The lowest BCUT2D eigenvalue weighted by Crippen LogP contribution is -2.30. The van der Waals surface area contributed by atoms with Gasteiger partial charge in [-0.2, -0.15) is 0 Å². The molecule has 1 atom stereocenters. The number of pyridine rings is 1. The van der Waals surface area contributed by atoms with Crippen molar-refractivity contribution in [2.24, 2.45) is 0 Å². The molecule has 0 bridgehead atoms. The lowest BCUT2D eigenvalue weighted by Gasteiger charge is -2.32. The summed E-state index contributed by atoms with van der Waals surface area (Å²) in [6.07, 6.45) is 3.69. The summed E-state index contributed by atoms with van der Waals surface area (Å²) >= 11 is 0. The van der Waals surface area contributed by atoms with Crippen LogP contribution < -0.4 is 10.2 Å². The molecule has 1 aliphatic rings. The van der Waals surface area contributed by atoms with Crippen LogP contribution in [-0.4, -0.2) is 28.5 Å². The Labute approximate surface area is 216 Å². The predicted molar refractivity (Wildman–Crippen MR) is 145 cm³/mol. The average Bonchev–Trinajstić information content (AvgIpc) is 2.93. The van der Waals surface area contributed by atoms with Gasteiger partial charge in [0, 0.05) is 30.5 Å². The summed E-state index contributed by atoms with van der Waals surface area (Å²) in [5.74, 6) is -1.03. The minimum atomic E-state index is -0.927. The predicted octanol–water partition coefficient (Wildman–Crippen LogP) is 5.89. The van der Waals surface area contributed by atoms with Crippen LogP contribution in [0.2, 0.25) is 0 Å². The number of amides is 1. The fraction of sp³-hybridized carbons (Fsp3) is 0.194. The van der Waals surface area contributed by atoms with E-state index in [2.05, 4.69) is 27.3 Å². The summed E-state index contributed by atoms with van der Waals surface area (Å²) in [7, 11) is 0. The van der Waals surface area contributed by atoms with E-state index in [4.69, 9.17) is 0 Å². The zero-order valence-corrected chi connectivity index (χ0v) is 20.7. The summed E-state index contributed by atoms with van der Waals surface area (Å²) in [6.45, 7) is 3.63. The standard InChI is InChI=1S/C31H29N3O3/c1-21(28-10-4-5-17-32-28)33-30(35)25-15-16-29-24(19-25)7-6-18-34(29)20-22-11-13-23(14-12-22)26-8-2-3-9-27(26)31(36)37/h2-5,8-17,19,21H,6-7,18,20H2,1H3,(H,33,35)(H,36,37)/t21-/m0/s1. The van der Waals surface area contributed by atoms with Gasteiger partial charge in [0.05, 0.1) is 17.3 Å². The first-order chi connectivity index (χ1) is 18.0. The molecule has 6 nitrogen and oxygen atoms in total. The number of carboxylic acids is 1. The molecule has 2 heterocycles. The molecular weight excluding hydrogens is 462 g/mol. The Morgan fingerprint density at radius 3 is 2.54 bits per heavy atom. The molecule has 1 amide bonds. The van der Waals surface area contributed by atoms with Crippen molar-refractivity contribution in [1.82, 2.24) is 10.3 Å². The molecule has 4 aromatic rings. The van der Waals surface area contributed by atoms with Gasteiger partial charge in [0.1, 0.15) is 0 Å². The number of anilines is 1. The molecule has 0 aliphatic carbocycles. The van der Waals surface area contributed by atoms with Crippen LogP contribution >= 0.6 is 0 Å². The van der Waals surface area contributed by atoms with Gasteiger partial charge in [0.25, 0.3) is 5.91 Å². The number of fused-ring (bicyclic) bond motifs is 1. The smallest absolute Gasteiger partial charge is 0.336 e. The molecule has 37 heavy (non-hydrogen) atoms. The highest BCUT2D eigenvalue weighted by molar-refractivity contribution is 5.96. The molecule has 5 rings (SSSR count). The number of aromatic carboxylic acids is 1. The number of hydrogen-bond acceptors (Lipinski definition) is 4. The highest BCUT2D eigenvalue weighted by Crippen LogP contribution is 2.30. The lowest BCUT2D eigenvalue weighted by molar-refractivity contribution is 0.0697. The normalized spacial score (nSPS) is 13.5. The van der Waals surface area contributed by atoms with Gasteiger partial charge in [-0.25, -0.2) is 4.79 Å². The molecule has 186 valence electrons. The Balaban J connectivity index is 1.29. The lowest BCUT2D eigenvalue weighted by atomic mass is 9.97. The minimum Gasteiger partial charge on any atom is -0.478 e. The van der Waals surface area contributed by atoms with Crippen LogP contribution in [0, 0.1) is 0 Å². The molecule has 0 spiro atoms. The summed E-state index contributed by atoms with van der Waals surface area (Å²) in [5.41, 5.74) is 6.87. The van der Waals surface area contributed by atoms with Crippen LogP contribution in [0.15, 0.2) is 91.1 Å². The Morgan fingerprint density at radius 1 is 1.00 bits per heavy atom. The monoisotopic (exact) mass is 491 g/mol. The third-order valence-corrected chi connectivity index (χ3v) is 6.83. The molecule has 0 saturated carbocycles. The van der Waals surface area contributed by atoms with Crippen molar-refractivity contribution in [2.75, 3.05) is 11.4 Å². The highest BCUT2D eigenvalue weighted by atomic mass is 16.4. The van der Waals surface area contributed by atoms with Gasteiger partial charge in [0.15, 0.2) is 0 Å². The maximum Gasteiger partial charge on any atom is 0.336 e. The summed E-state index contributed by atoms with van der Waals surface area (Å²) < 4.78 is 0. The first-order valence-electron chi connectivity index (χ1n) is 12.5. The van der Waals surface area contributed by atoms with Gasteiger partial charge in [-0.3, -0.25) is 9.78 Å². The van der Waals surface area contributed by atoms with Crippen LogP contribution in [0.4, 0.5) is 5.69 Å². The van der Waals surface area contributed by atoms with E-state index in [-0.39, 0.29) is 11.9 Å². The van der Waals surface area contributed by atoms with Crippen LogP contribution in [0.25, 0.3) is 11.1 Å². The first kappa shape index (κ1) is 24.3. The Bertz CT molecular complexity index is 1420. The topological polar surface area (TPSA) is 82.5 Å². The molecule has 0 saturated heterocycles. The van der Waals surface area contributed by atoms with E-state index in [1.807, 2.05) is 67.6 Å². The number of carboxylic acid groups (broad SMARTS) is 1. The number of aryl methyl sites for hydroxylation is 1. The molecule has 2 N–H and O–H groups in total. The Morgan fingerprint density at radius 2 is 1.78 bits per heavy atom. The van der Waals surface area contributed by atoms with Crippen molar-refractivity contribution in [3.63, 3.8) is 0 Å². The van der Waals surface area contributed by atoms with E-state index in [0.29, 0.717) is 16.7 Å². The fourth-order valence-corrected chi connectivity index (χ4v) is 4.90. The van der Waals surface area contributed by atoms with E-state index in [9.17, 15) is 14.7 Å². The van der Waals surface area contributed by atoms with E-state index >= 15 is 0 Å². The van der Waals surface area contributed by atoms with Crippen molar-refractivity contribution >= 4 is 17.6 Å². The number of rotatable bonds is 7. The van der Waals surface area contributed by atoms with Crippen LogP contribution in [0.5, 0.6) is 0 Å². The Kier molecular flexibility index (Phi) is 6.99. The molecule has 1 aromatic heterocycles. The van der Waals surface area contributed by atoms with Crippen LogP contribution in [0.3, 0.4) is 0 Å². The van der Waals surface area contributed by atoms with Gasteiger partial charge in [-0.15, -0.1) is 0 Å². The quantitative estimate of drug-likeness (QED) is 0.337. The number of carbonyl (C=O) groups excluding carboxylic acids is 1. The SMILES string of the molecule is C[C@H](NC(=O)c1ccc2c(c1)CCCN2Cc1ccc(-c2ccccc2C(=O)O)cc1)c1ccccn1. The maximum atomic E-state index is 12.9. The molecule has 0 radical (unpaired) electrons. The van der Waals surface area contributed by atoms with Crippen LogP contribution in [0.1, 0.15) is 56.9 Å². The number of benzene rings is 3. The van der Waals surface area contributed by atoms with Gasteiger partial charge in [-0.05, 0) is 78.4 Å². The molecule has 0 fully saturated rings. The maximum absolute atomic E-state index is 12.9. The van der Waals surface area contributed by atoms with E-state index in [1.165, 1.54) is 5.56 Å². The molecule has 1 aliphatic heterocycles. The zero-order chi connectivity index (χ0) is 25.8. The number of aromatic nitrogens is 1. The van der Waals surface area contributed by atoms with Crippen molar-refractivity contribution in [2.45, 2.75) is 32.4 Å². The second-order valence-electron chi connectivity index (χ2n) is 9.37. The average molecular weight is 492 g/mol. The number of carbonyl (C=O) groups is 2. The van der Waals surface area contributed by atoms with Gasteiger partial charge in [-0.1, -0.05) is 48.5 Å². The second-order valence-corrected chi connectivity index (χ2v) is 9.37. The molecular formula is C31H29N3O3. The second kappa shape index (κ2) is 10.7. The summed E-state index contributed by atoms with van der Waals surface area (Å²) in [5, 5.41) is 12.6. The van der Waals surface area contributed by atoms with E-state index in [0.717, 1.165) is 48.4 Å². The molecule has 3 aromatic carbocycles. The highest BCUT2D eigenvalue weighted by Gasteiger charge is 2.20.